The first kappa shape index (κ1) is 22.3. The van der Waals surface area contributed by atoms with Crippen LogP contribution in [0.15, 0.2) is 70.2 Å². The number of hydrogen-bond acceptors (Lipinski definition) is 7. The van der Waals surface area contributed by atoms with Crippen LogP contribution in [0.25, 0.3) is 0 Å². The van der Waals surface area contributed by atoms with E-state index in [-0.39, 0.29) is 29.2 Å². The zero-order valence-corrected chi connectivity index (χ0v) is 19.2. The van der Waals surface area contributed by atoms with Crippen LogP contribution in [0.3, 0.4) is 0 Å². The molecule has 3 aromatic rings. The van der Waals surface area contributed by atoms with Gasteiger partial charge in [0.25, 0.3) is 15.9 Å². The number of fused-ring (bicyclic) bond motifs is 1. The van der Waals surface area contributed by atoms with Crippen molar-refractivity contribution >= 4 is 21.6 Å². The fraction of sp³-hybridized carbons (Fsp3) is 0.292. The summed E-state index contributed by atoms with van der Waals surface area (Å²) in [6.45, 7) is 2.35. The van der Waals surface area contributed by atoms with Crippen molar-refractivity contribution in [2.45, 2.75) is 23.8 Å². The van der Waals surface area contributed by atoms with Crippen LogP contribution in [0.4, 0.5) is 5.69 Å². The van der Waals surface area contributed by atoms with Gasteiger partial charge in [0.2, 0.25) is 6.79 Å². The molecule has 1 amide bonds. The standard InChI is InChI=1S/C24H25N3O6S/c28-24(25-15-20(21-7-4-12-31-21)27-10-1-2-11-27)17-5-3-6-19(13-17)34(29,30)26-18-8-9-22-23(14-18)33-16-32-22/h3-9,12-14,20,26H,1-2,10-11,15-16H2,(H,25,28)/t20-/m0/s1. The number of sulfonamides is 1. The maximum atomic E-state index is 12.9. The van der Waals surface area contributed by atoms with Crippen LogP contribution in [-0.4, -0.2) is 45.7 Å². The highest BCUT2D eigenvalue weighted by molar-refractivity contribution is 7.92. The van der Waals surface area contributed by atoms with Crippen molar-refractivity contribution in [1.82, 2.24) is 10.2 Å². The molecule has 1 fully saturated rings. The number of hydrogen-bond donors (Lipinski definition) is 2. The number of anilines is 1. The Morgan fingerprint density at radius 1 is 1.00 bits per heavy atom. The summed E-state index contributed by atoms with van der Waals surface area (Å²) in [7, 11) is -3.92. The molecule has 2 N–H and O–H groups in total. The van der Waals surface area contributed by atoms with Gasteiger partial charge in [-0.1, -0.05) is 6.07 Å². The highest BCUT2D eigenvalue weighted by atomic mass is 32.2. The van der Waals surface area contributed by atoms with E-state index in [1.54, 1.807) is 36.6 Å². The molecular weight excluding hydrogens is 458 g/mol. The third-order valence-corrected chi connectivity index (χ3v) is 7.32. The average molecular weight is 484 g/mol. The summed E-state index contributed by atoms with van der Waals surface area (Å²) in [4.78, 5) is 15.2. The van der Waals surface area contributed by atoms with Crippen LogP contribution < -0.4 is 19.5 Å². The van der Waals surface area contributed by atoms with Gasteiger partial charge in [-0.15, -0.1) is 0 Å². The molecule has 2 aliphatic rings. The molecule has 0 bridgehead atoms. The molecule has 178 valence electrons. The van der Waals surface area contributed by atoms with Crippen LogP contribution in [0, 0.1) is 0 Å². The minimum Gasteiger partial charge on any atom is -0.468 e. The zero-order valence-electron chi connectivity index (χ0n) is 18.4. The highest BCUT2D eigenvalue weighted by Gasteiger charge is 2.26. The van der Waals surface area contributed by atoms with Crippen molar-refractivity contribution in [2.24, 2.45) is 0 Å². The van der Waals surface area contributed by atoms with E-state index in [1.165, 1.54) is 12.1 Å². The van der Waals surface area contributed by atoms with Crippen molar-refractivity contribution in [2.75, 3.05) is 31.1 Å². The number of nitrogens with zero attached hydrogens (tertiary/aromatic N) is 1. The molecule has 2 aliphatic heterocycles. The van der Waals surface area contributed by atoms with E-state index in [1.807, 2.05) is 12.1 Å². The SMILES string of the molecule is O=C(NC[C@@H](c1ccco1)N1CCCC1)c1cccc(S(=O)(=O)Nc2ccc3c(c2)OCO3)c1. The van der Waals surface area contributed by atoms with E-state index < -0.39 is 10.0 Å². The minimum atomic E-state index is -3.92. The second kappa shape index (κ2) is 9.40. The molecule has 0 unspecified atom stereocenters. The molecule has 1 saturated heterocycles. The molecule has 10 heteroatoms. The van der Waals surface area contributed by atoms with E-state index in [2.05, 4.69) is 14.9 Å². The summed E-state index contributed by atoms with van der Waals surface area (Å²) < 4.78 is 44.5. The molecule has 34 heavy (non-hydrogen) atoms. The first-order chi connectivity index (χ1) is 16.5. The first-order valence-corrected chi connectivity index (χ1v) is 12.6. The summed E-state index contributed by atoms with van der Waals surface area (Å²) in [5, 5.41) is 2.93. The van der Waals surface area contributed by atoms with Crippen molar-refractivity contribution in [3.63, 3.8) is 0 Å². The largest absolute Gasteiger partial charge is 0.468 e. The number of ether oxygens (including phenoxy) is 2. The van der Waals surface area contributed by atoms with E-state index in [4.69, 9.17) is 13.9 Å². The predicted octanol–water partition coefficient (Wildman–Crippen LogP) is 3.38. The van der Waals surface area contributed by atoms with Crippen molar-refractivity contribution in [1.29, 1.82) is 0 Å². The fourth-order valence-electron chi connectivity index (χ4n) is 4.21. The maximum Gasteiger partial charge on any atom is 0.261 e. The molecular formula is C24H25N3O6S. The third kappa shape index (κ3) is 4.73. The predicted molar refractivity (Wildman–Crippen MR) is 124 cm³/mol. The number of rotatable bonds is 8. The van der Waals surface area contributed by atoms with Gasteiger partial charge in [-0.05, 0) is 68.4 Å². The zero-order chi connectivity index (χ0) is 23.5. The number of likely N-dealkylation sites (tertiary alicyclic amines) is 1. The molecule has 2 aromatic carbocycles. The highest BCUT2D eigenvalue weighted by Crippen LogP contribution is 2.35. The lowest BCUT2D eigenvalue weighted by Gasteiger charge is -2.26. The van der Waals surface area contributed by atoms with E-state index >= 15 is 0 Å². The van der Waals surface area contributed by atoms with Gasteiger partial charge in [0.15, 0.2) is 11.5 Å². The van der Waals surface area contributed by atoms with E-state index in [9.17, 15) is 13.2 Å². The second-order valence-electron chi connectivity index (χ2n) is 8.19. The van der Waals surface area contributed by atoms with Gasteiger partial charge in [0.05, 0.1) is 22.9 Å². The average Bonchev–Trinajstić information content (AvgIpc) is 3.61. The van der Waals surface area contributed by atoms with E-state index in [0.29, 0.717) is 23.7 Å². The summed E-state index contributed by atoms with van der Waals surface area (Å²) in [5.74, 6) is 1.48. The lowest BCUT2D eigenvalue weighted by molar-refractivity contribution is 0.0933. The van der Waals surface area contributed by atoms with Crippen LogP contribution >= 0.6 is 0 Å². The van der Waals surface area contributed by atoms with Gasteiger partial charge in [0, 0.05) is 18.2 Å². The van der Waals surface area contributed by atoms with Crippen LogP contribution in [0.1, 0.15) is 35.0 Å². The van der Waals surface area contributed by atoms with Gasteiger partial charge in [-0.25, -0.2) is 8.42 Å². The normalized spacial score (nSPS) is 16.4. The van der Waals surface area contributed by atoms with E-state index in [0.717, 1.165) is 31.7 Å². The molecule has 0 spiro atoms. The summed E-state index contributed by atoms with van der Waals surface area (Å²) >= 11 is 0. The Balaban J connectivity index is 1.28. The number of carbonyl (C=O) groups is 1. The van der Waals surface area contributed by atoms with Crippen LogP contribution in [0.2, 0.25) is 0 Å². The Labute approximate surface area is 197 Å². The Morgan fingerprint density at radius 2 is 1.82 bits per heavy atom. The summed E-state index contributed by atoms with van der Waals surface area (Å²) in [5.41, 5.74) is 0.596. The minimum absolute atomic E-state index is 0.0139. The van der Waals surface area contributed by atoms with Gasteiger partial charge in [-0.3, -0.25) is 14.4 Å². The topological polar surface area (TPSA) is 110 Å². The molecule has 0 aliphatic carbocycles. The summed E-state index contributed by atoms with van der Waals surface area (Å²) in [6.07, 6.45) is 3.85. The Bertz CT molecular complexity index is 1270. The fourth-order valence-corrected chi connectivity index (χ4v) is 5.31. The van der Waals surface area contributed by atoms with Gasteiger partial charge < -0.3 is 19.2 Å². The molecule has 1 aromatic heterocycles. The molecule has 9 nitrogen and oxygen atoms in total. The van der Waals surface area contributed by atoms with Crippen molar-refractivity contribution in [3.05, 3.63) is 72.2 Å². The third-order valence-electron chi connectivity index (χ3n) is 5.94. The smallest absolute Gasteiger partial charge is 0.261 e. The first-order valence-electron chi connectivity index (χ1n) is 11.1. The lowest BCUT2D eigenvalue weighted by Crippen LogP contribution is -2.36. The number of benzene rings is 2. The molecule has 5 rings (SSSR count). The maximum absolute atomic E-state index is 12.9. The number of carbonyl (C=O) groups excluding carboxylic acids is 1. The number of nitrogens with one attached hydrogen (secondary N) is 2. The Kier molecular flexibility index (Phi) is 6.16. The van der Waals surface area contributed by atoms with Crippen molar-refractivity contribution < 1.29 is 27.1 Å². The Morgan fingerprint density at radius 3 is 2.62 bits per heavy atom. The van der Waals surface area contributed by atoms with Crippen LogP contribution in [0.5, 0.6) is 11.5 Å². The Hall–Kier alpha value is -3.50. The van der Waals surface area contributed by atoms with Crippen molar-refractivity contribution in [3.8, 4) is 11.5 Å². The summed E-state index contributed by atoms with van der Waals surface area (Å²) in [6, 6.07) is 14.4. The number of furan rings is 1. The second-order valence-corrected chi connectivity index (χ2v) is 9.87. The molecule has 1 atom stereocenters. The lowest BCUT2D eigenvalue weighted by atomic mass is 10.1. The molecule has 0 radical (unpaired) electrons. The number of amides is 1. The molecule has 3 heterocycles. The van der Waals surface area contributed by atoms with Gasteiger partial charge in [-0.2, -0.15) is 0 Å². The van der Waals surface area contributed by atoms with Gasteiger partial charge in [0.1, 0.15) is 5.76 Å². The molecule has 0 saturated carbocycles. The quantitative estimate of drug-likeness (QED) is 0.505. The van der Waals surface area contributed by atoms with Crippen LogP contribution in [-0.2, 0) is 10.0 Å². The monoisotopic (exact) mass is 483 g/mol. The van der Waals surface area contributed by atoms with Gasteiger partial charge >= 0.3 is 0 Å².